The zero-order valence-corrected chi connectivity index (χ0v) is 13.0. The molecule has 0 fully saturated rings. The molecule has 0 saturated heterocycles. The van der Waals surface area contributed by atoms with E-state index in [9.17, 15) is 0 Å². The third-order valence-corrected chi connectivity index (χ3v) is 3.85. The van der Waals surface area contributed by atoms with Crippen LogP contribution in [-0.4, -0.2) is 9.78 Å². The molecule has 0 atom stereocenters. The van der Waals surface area contributed by atoms with Crippen molar-refractivity contribution in [3.05, 3.63) is 17.0 Å². The summed E-state index contributed by atoms with van der Waals surface area (Å²) in [7, 11) is 0. The lowest BCUT2D eigenvalue weighted by Crippen LogP contribution is -2.07. The van der Waals surface area contributed by atoms with Crippen molar-refractivity contribution in [2.24, 2.45) is 5.73 Å². The summed E-state index contributed by atoms with van der Waals surface area (Å²) in [5.41, 5.74) is 9.71. The average molecular weight is 265 g/mol. The van der Waals surface area contributed by atoms with E-state index in [2.05, 4.69) is 25.5 Å². The summed E-state index contributed by atoms with van der Waals surface area (Å²) in [6.45, 7) is 8.31. The van der Waals surface area contributed by atoms with E-state index in [4.69, 9.17) is 10.8 Å². The highest BCUT2D eigenvalue weighted by Gasteiger charge is 2.13. The third-order valence-electron chi connectivity index (χ3n) is 3.85. The molecule has 1 rings (SSSR count). The Labute approximate surface area is 118 Å². The summed E-state index contributed by atoms with van der Waals surface area (Å²) in [6, 6.07) is 0. The van der Waals surface area contributed by atoms with E-state index in [1.54, 1.807) is 0 Å². The molecule has 2 N–H and O–H groups in total. The predicted molar refractivity (Wildman–Crippen MR) is 82.3 cm³/mol. The Morgan fingerprint density at radius 2 is 1.63 bits per heavy atom. The quantitative estimate of drug-likeness (QED) is 0.653. The van der Waals surface area contributed by atoms with Crippen molar-refractivity contribution in [1.82, 2.24) is 9.78 Å². The highest BCUT2D eigenvalue weighted by Crippen LogP contribution is 2.17. The molecule has 0 aliphatic rings. The highest BCUT2D eigenvalue weighted by molar-refractivity contribution is 5.26. The molecule has 1 heterocycles. The first kappa shape index (κ1) is 16.2. The lowest BCUT2D eigenvalue weighted by molar-refractivity contribution is 0.511. The number of nitrogens with zero attached hydrogens (tertiary/aromatic N) is 2. The molecular formula is C16H31N3. The van der Waals surface area contributed by atoms with Crippen molar-refractivity contribution in [2.45, 2.75) is 85.2 Å². The number of hydrogen-bond acceptors (Lipinski definition) is 2. The second-order valence-electron chi connectivity index (χ2n) is 5.27. The van der Waals surface area contributed by atoms with Gasteiger partial charge in [0.2, 0.25) is 0 Å². The van der Waals surface area contributed by atoms with Crippen molar-refractivity contribution in [3.63, 3.8) is 0 Å². The van der Waals surface area contributed by atoms with Gasteiger partial charge in [-0.05, 0) is 19.3 Å². The van der Waals surface area contributed by atoms with E-state index < -0.39 is 0 Å². The van der Waals surface area contributed by atoms with Crippen LogP contribution in [0.1, 0.15) is 76.2 Å². The summed E-state index contributed by atoms with van der Waals surface area (Å²) in [4.78, 5) is 0. The molecule has 0 unspecified atom stereocenters. The van der Waals surface area contributed by atoms with Crippen LogP contribution in [0, 0.1) is 0 Å². The van der Waals surface area contributed by atoms with Gasteiger partial charge in [0.25, 0.3) is 0 Å². The van der Waals surface area contributed by atoms with Gasteiger partial charge in [-0.15, -0.1) is 0 Å². The Bertz CT molecular complexity index is 355. The summed E-state index contributed by atoms with van der Waals surface area (Å²) in [5, 5.41) is 4.74. The maximum atomic E-state index is 5.87. The molecule has 110 valence electrons. The number of hydrogen-bond donors (Lipinski definition) is 1. The van der Waals surface area contributed by atoms with E-state index in [1.165, 1.54) is 55.5 Å². The van der Waals surface area contributed by atoms with E-state index in [0.717, 1.165) is 19.4 Å². The molecule has 0 amide bonds. The number of aromatic nitrogens is 2. The molecule has 0 spiro atoms. The Morgan fingerprint density at radius 3 is 2.21 bits per heavy atom. The summed E-state index contributed by atoms with van der Waals surface area (Å²) >= 11 is 0. The molecule has 0 radical (unpaired) electrons. The minimum absolute atomic E-state index is 0.628. The summed E-state index contributed by atoms with van der Waals surface area (Å²) in [6.07, 6.45) is 10.0. The number of nitrogens with two attached hydrogens (primary N) is 1. The first-order chi connectivity index (χ1) is 9.28. The molecule has 0 aliphatic heterocycles. The zero-order valence-electron chi connectivity index (χ0n) is 13.0. The molecular weight excluding hydrogens is 234 g/mol. The number of unbranched alkanes of at least 4 members (excludes halogenated alkanes) is 5. The normalized spacial score (nSPS) is 11.2. The summed E-state index contributed by atoms with van der Waals surface area (Å²) < 4.78 is 2.21. The third kappa shape index (κ3) is 4.64. The van der Waals surface area contributed by atoms with Crippen LogP contribution >= 0.6 is 0 Å². The fourth-order valence-electron chi connectivity index (χ4n) is 2.73. The average Bonchev–Trinajstić information content (AvgIpc) is 2.79. The Kier molecular flexibility index (Phi) is 7.80. The second-order valence-corrected chi connectivity index (χ2v) is 5.27. The monoisotopic (exact) mass is 265 g/mol. The van der Waals surface area contributed by atoms with Gasteiger partial charge in [-0.25, -0.2) is 0 Å². The van der Waals surface area contributed by atoms with Gasteiger partial charge >= 0.3 is 0 Å². The van der Waals surface area contributed by atoms with Crippen LogP contribution in [0.5, 0.6) is 0 Å². The van der Waals surface area contributed by atoms with Crippen LogP contribution in [0.2, 0.25) is 0 Å². The number of rotatable bonds is 10. The lowest BCUT2D eigenvalue weighted by Gasteiger charge is -2.07. The Morgan fingerprint density at radius 1 is 0.947 bits per heavy atom. The van der Waals surface area contributed by atoms with Crippen LogP contribution in [0.15, 0.2) is 0 Å². The second kappa shape index (κ2) is 9.13. The maximum Gasteiger partial charge on any atom is 0.0669 e. The molecule has 0 saturated carbocycles. The van der Waals surface area contributed by atoms with Crippen molar-refractivity contribution >= 4 is 0 Å². The topological polar surface area (TPSA) is 43.8 Å². The smallest absolute Gasteiger partial charge is 0.0669 e. The molecule has 0 aromatic carbocycles. The molecule has 0 aliphatic carbocycles. The minimum atomic E-state index is 0.628. The first-order valence-corrected chi connectivity index (χ1v) is 8.05. The van der Waals surface area contributed by atoms with Gasteiger partial charge in [-0.3, -0.25) is 4.68 Å². The highest BCUT2D eigenvalue weighted by atomic mass is 15.3. The fourth-order valence-corrected chi connectivity index (χ4v) is 2.73. The molecule has 3 heteroatoms. The van der Waals surface area contributed by atoms with Gasteiger partial charge < -0.3 is 5.73 Å². The fraction of sp³-hybridized carbons (Fsp3) is 0.812. The van der Waals surface area contributed by atoms with Crippen molar-refractivity contribution in [1.29, 1.82) is 0 Å². The zero-order chi connectivity index (χ0) is 14.1. The van der Waals surface area contributed by atoms with Gasteiger partial charge in [0.05, 0.1) is 5.69 Å². The van der Waals surface area contributed by atoms with Crippen molar-refractivity contribution in [2.75, 3.05) is 0 Å². The van der Waals surface area contributed by atoms with Crippen LogP contribution < -0.4 is 5.73 Å². The van der Waals surface area contributed by atoms with Gasteiger partial charge in [0.1, 0.15) is 0 Å². The van der Waals surface area contributed by atoms with Gasteiger partial charge in [0, 0.05) is 24.3 Å². The van der Waals surface area contributed by atoms with Gasteiger partial charge in [-0.2, -0.15) is 5.10 Å². The Balaban J connectivity index is 2.50. The van der Waals surface area contributed by atoms with E-state index in [1.807, 2.05) is 0 Å². The van der Waals surface area contributed by atoms with Crippen LogP contribution in [0.25, 0.3) is 0 Å². The molecule has 1 aromatic heterocycles. The van der Waals surface area contributed by atoms with Crippen LogP contribution in [-0.2, 0) is 25.9 Å². The summed E-state index contributed by atoms with van der Waals surface area (Å²) in [5.74, 6) is 0. The largest absolute Gasteiger partial charge is 0.326 e. The standard InChI is InChI=1S/C16H31N3/c1-4-7-8-9-10-11-12-19-16(6-3)14(13-17)15(5-2)18-19/h4-13,17H2,1-3H3. The lowest BCUT2D eigenvalue weighted by atomic mass is 10.1. The van der Waals surface area contributed by atoms with Crippen molar-refractivity contribution < 1.29 is 0 Å². The number of aryl methyl sites for hydroxylation is 2. The Hall–Kier alpha value is -0.830. The molecule has 1 aromatic rings. The van der Waals surface area contributed by atoms with Gasteiger partial charge in [-0.1, -0.05) is 52.9 Å². The predicted octanol–water partition coefficient (Wildman–Crippen LogP) is 3.83. The molecule has 0 bridgehead atoms. The molecule has 3 nitrogen and oxygen atoms in total. The van der Waals surface area contributed by atoms with Crippen LogP contribution in [0.3, 0.4) is 0 Å². The van der Waals surface area contributed by atoms with E-state index >= 15 is 0 Å². The van der Waals surface area contributed by atoms with E-state index in [-0.39, 0.29) is 0 Å². The first-order valence-electron chi connectivity index (χ1n) is 8.05. The SMILES string of the molecule is CCCCCCCCn1nc(CC)c(CN)c1CC. The van der Waals surface area contributed by atoms with Crippen molar-refractivity contribution in [3.8, 4) is 0 Å². The maximum absolute atomic E-state index is 5.87. The van der Waals surface area contributed by atoms with E-state index in [0.29, 0.717) is 6.54 Å². The minimum Gasteiger partial charge on any atom is -0.326 e. The van der Waals surface area contributed by atoms with Crippen LogP contribution in [0.4, 0.5) is 0 Å². The van der Waals surface area contributed by atoms with Gasteiger partial charge in [0.15, 0.2) is 0 Å². The molecule has 19 heavy (non-hydrogen) atoms.